The van der Waals surface area contributed by atoms with Crippen LogP contribution in [0, 0.1) is 13.8 Å². The number of hydrogen-bond donors (Lipinski definition) is 1. The molecule has 25 heavy (non-hydrogen) atoms. The largest absolute Gasteiger partial charge is 0.326 e. The highest BCUT2D eigenvalue weighted by Crippen LogP contribution is 2.20. The number of rotatable bonds is 6. The Balaban J connectivity index is 1.58. The normalized spacial score (nSPS) is 10.8. The first kappa shape index (κ1) is 17.4. The summed E-state index contributed by atoms with van der Waals surface area (Å²) in [6.45, 7) is 5.16. The van der Waals surface area contributed by atoms with E-state index in [0.717, 1.165) is 27.1 Å². The third-order valence-corrected chi connectivity index (χ3v) is 5.11. The molecule has 0 spiro atoms. The fourth-order valence-electron chi connectivity index (χ4n) is 2.65. The van der Waals surface area contributed by atoms with Gasteiger partial charge in [0.25, 0.3) is 0 Å². The summed E-state index contributed by atoms with van der Waals surface area (Å²) in [4.78, 5) is 12.2. The van der Waals surface area contributed by atoms with Crippen LogP contribution in [0.5, 0.6) is 0 Å². The molecule has 3 rings (SSSR count). The maximum Gasteiger partial charge on any atom is 0.226 e. The van der Waals surface area contributed by atoms with Gasteiger partial charge in [0.2, 0.25) is 5.91 Å². The van der Waals surface area contributed by atoms with E-state index in [0.29, 0.717) is 19.5 Å². The average Bonchev–Trinajstić information content (AvgIpc) is 3.18. The van der Waals surface area contributed by atoms with Gasteiger partial charge in [-0.2, -0.15) is 10.2 Å². The van der Waals surface area contributed by atoms with Crippen molar-refractivity contribution in [3.8, 4) is 0 Å². The van der Waals surface area contributed by atoms with Gasteiger partial charge in [0.1, 0.15) is 0 Å². The maximum absolute atomic E-state index is 12.2. The fraction of sp³-hybridized carbons (Fsp3) is 0.278. The van der Waals surface area contributed by atoms with E-state index in [-0.39, 0.29) is 5.91 Å². The summed E-state index contributed by atoms with van der Waals surface area (Å²) in [6, 6.07) is 9.71. The number of carbonyl (C=O) groups is 1. The smallest absolute Gasteiger partial charge is 0.226 e. The lowest BCUT2D eigenvalue weighted by molar-refractivity contribution is -0.116. The third kappa shape index (κ3) is 4.36. The second kappa shape index (κ2) is 7.65. The van der Waals surface area contributed by atoms with Crippen molar-refractivity contribution in [1.82, 2.24) is 19.6 Å². The minimum Gasteiger partial charge on any atom is -0.326 e. The van der Waals surface area contributed by atoms with E-state index >= 15 is 0 Å². The predicted octanol–water partition coefficient (Wildman–Crippen LogP) is 3.54. The number of aryl methyl sites for hydroxylation is 2. The highest BCUT2D eigenvalue weighted by atomic mass is 79.9. The number of anilines is 1. The van der Waals surface area contributed by atoms with Gasteiger partial charge >= 0.3 is 0 Å². The predicted molar refractivity (Wildman–Crippen MR) is 100 cm³/mol. The molecule has 0 atom stereocenters. The van der Waals surface area contributed by atoms with Crippen LogP contribution in [0.3, 0.4) is 0 Å². The van der Waals surface area contributed by atoms with Crippen LogP contribution >= 0.6 is 15.9 Å². The lowest BCUT2D eigenvalue weighted by atomic mass is 10.2. The molecule has 0 fully saturated rings. The zero-order valence-corrected chi connectivity index (χ0v) is 15.8. The molecular weight excluding hydrogens is 382 g/mol. The van der Waals surface area contributed by atoms with Crippen LogP contribution in [0.1, 0.15) is 23.4 Å². The number of halogens is 1. The SMILES string of the molecule is Cc1nn(CCC(=O)Nc2cccc(Cn3cccn3)c2)c(C)c1Br. The van der Waals surface area contributed by atoms with Gasteiger partial charge in [-0.15, -0.1) is 0 Å². The van der Waals surface area contributed by atoms with Crippen molar-refractivity contribution in [2.75, 3.05) is 5.32 Å². The molecule has 0 saturated heterocycles. The van der Waals surface area contributed by atoms with Gasteiger partial charge in [-0.1, -0.05) is 12.1 Å². The molecule has 2 heterocycles. The lowest BCUT2D eigenvalue weighted by Crippen LogP contribution is -2.15. The van der Waals surface area contributed by atoms with Crippen molar-refractivity contribution in [3.05, 3.63) is 64.1 Å². The van der Waals surface area contributed by atoms with Gasteiger partial charge in [0.05, 0.1) is 23.3 Å². The summed E-state index contributed by atoms with van der Waals surface area (Å²) in [5.41, 5.74) is 3.85. The van der Waals surface area contributed by atoms with E-state index in [1.165, 1.54) is 0 Å². The quantitative estimate of drug-likeness (QED) is 0.686. The summed E-state index contributed by atoms with van der Waals surface area (Å²) < 4.78 is 4.70. The van der Waals surface area contributed by atoms with Crippen molar-refractivity contribution in [1.29, 1.82) is 0 Å². The molecule has 1 N–H and O–H groups in total. The van der Waals surface area contributed by atoms with E-state index < -0.39 is 0 Å². The Hall–Kier alpha value is -2.41. The highest BCUT2D eigenvalue weighted by molar-refractivity contribution is 9.10. The lowest BCUT2D eigenvalue weighted by Gasteiger charge is -2.09. The molecule has 0 radical (unpaired) electrons. The van der Waals surface area contributed by atoms with Gasteiger partial charge in [0.15, 0.2) is 0 Å². The van der Waals surface area contributed by atoms with Crippen molar-refractivity contribution >= 4 is 27.5 Å². The third-order valence-electron chi connectivity index (χ3n) is 3.96. The Morgan fingerprint density at radius 1 is 1.28 bits per heavy atom. The Morgan fingerprint density at radius 3 is 2.80 bits per heavy atom. The molecule has 2 aromatic heterocycles. The van der Waals surface area contributed by atoms with Crippen LogP contribution < -0.4 is 5.32 Å². The van der Waals surface area contributed by atoms with Crippen LogP contribution in [-0.4, -0.2) is 25.5 Å². The van der Waals surface area contributed by atoms with E-state index in [9.17, 15) is 4.79 Å². The number of nitrogens with one attached hydrogen (secondary N) is 1. The van der Waals surface area contributed by atoms with Gasteiger partial charge in [-0.25, -0.2) is 0 Å². The molecule has 0 aliphatic heterocycles. The Morgan fingerprint density at radius 2 is 2.12 bits per heavy atom. The molecule has 0 aliphatic carbocycles. The second-order valence-corrected chi connectivity index (χ2v) is 6.70. The number of amides is 1. The zero-order chi connectivity index (χ0) is 17.8. The Labute approximate surface area is 155 Å². The molecular formula is C18H20BrN5O. The Kier molecular flexibility index (Phi) is 5.33. The van der Waals surface area contributed by atoms with E-state index in [2.05, 4.69) is 31.4 Å². The van der Waals surface area contributed by atoms with Gasteiger partial charge in [-0.3, -0.25) is 14.2 Å². The number of nitrogens with zero attached hydrogens (tertiary/aromatic N) is 4. The second-order valence-electron chi connectivity index (χ2n) is 5.91. The van der Waals surface area contributed by atoms with Crippen LogP contribution in [0.25, 0.3) is 0 Å². The topological polar surface area (TPSA) is 64.7 Å². The molecule has 0 unspecified atom stereocenters. The van der Waals surface area contributed by atoms with Crippen molar-refractivity contribution in [2.24, 2.45) is 0 Å². The molecule has 7 heteroatoms. The molecule has 130 valence electrons. The monoisotopic (exact) mass is 401 g/mol. The molecule has 1 aromatic carbocycles. The first-order valence-electron chi connectivity index (χ1n) is 8.08. The van der Waals surface area contributed by atoms with Crippen molar-refractivity contribution < 1.29 is 4.79 Å². The van der Waals surface area contributed by atoms with Gasteiger partial charge < -0.3 is 5.32 Å². The molecule has 0 bridgehead atoms. The van der Waals surface area contributed by atoms with E-state index in [1.54, 1.807) is 6.20 Å². The van der Waals surface area contributed by atoms with Crippen LogP contribution in [0.4, 0.5) is 5.69 Å². The van der Waals surface area contributed by atoms with E-state index in [4.69, 9.17) is 0 Å². The number of carbonyl (C=O) groups excluding carboxylic acids is 1. The van der Waals surface area contributed by atoms with Gasteiger partial charge in [0, 0.05) is 30.2 Å². The molecule has 1 amide bonds. The zero-order valence-electron chi connectivity index (χ0n) is 14.2. The minimum absolute atomic E-state index is 0.0279. The Bertz CT molecular complexity index is 870. The first-order valence-corrected chi connectivity index (χ1v) is 8.88. The molecule has 6 nitrogen and oxygen atoms in total. The minimum atomic E-state index is -0.0279. The van der Waals surface area contributed by atoms with Crippen molar-refractivity contribution in [2.45, 2.75) is 33.4 Å². The number of aromatic nitrogens is 4. The standard InChI is InChI=1S/C18H20BrN5O/c1-13-18(19)14(2)24(22-13)10-7-17(25)21-16-6-3-5-15(11-16)12-23-9-4-8-20-23/h3-6,8-9,11H,7,10,12H2,1-2H3,(H,21,25). The average molecular weight is 402 g/mol. The molecule has 0 aliphatic rings. The maximum atomic E-state index is 12.2. The highest BCUT2D eigenvalue weighted by Gasteiger charge is 2.10. The summed E-state index contributed by atoms with van der Waals surface area (Å²) in [5.74, 6) is -0.0279. The molecule has 3 aromatic rings. The fourth-order valence-corrected chi connectivity index (χ4v) is 2.94. The van der Waals surface area contributed by atoms with Crippen molar-refractivity contribution in [3.63, 3.8) is 0 Å². The van der Waals surface area contributed by atoms with E-state index in [1.807, 2.05) is 59.7 Å². The summed E-state index contributed by atoms with van der Waals surface area (Å²) in [5, 5.41) is 11.6. The first-order chi connectivity index (χ1) is 12.0. The van der Waals surface area contributed by atoms with Crippen LogP contribution in [0.2, 0.25) is 0 Å². The van der Waals surface area contributed by atoms with Gasteiger partial charge in [-0.05, 0) is 53.5 Å². The van der Waals surface area contributed by atoms with Crippen LogP contribution in [0.15, 0.2) is 47.2 Å². The summed E-state index contributed by atoms with van der Waals surface area (Å²) >= 11 is 3.50. The van der Waals surface area contributed by atoms with Crippen LogP contribution in [-0.2, 0) is 17.9 Å². The number of benzene rings is 1. The summed E-state index contributed by atoms with van der Waals surface area (Å²) in [6.07, 6.45) is 4.04. The summed E-state index contributed by atoms with van der Waals surface area (Å²) in [7, 11) is 0. The molecule has 0 saturated carbocycles. The number of hydrogen-bond acceptors (Lipinski definition) is 3.